The fourth-order valence-corrected chi connectivity index (χ4v) is 4.50. The molecule has 0 unspecified atom stereocenters. The molecule has 3 rings (SSSR count). The minimum Gasteiger partial charge on any atom is -0.334 e. The average Bonchev–Trinajstić information content (AvgIpc) is 3.13. The van der Waals surface area contributed by atoms with E-state index in [4.69, 9.17) is 0 Å². The smallest absolute Gasteiger partial charge is 0.262 e. The van der Waals surface area contributed by atoms with Gasteiger partial charge >= 0.3 is 0 Å². The Morgan fingerprint density at radius 2 is 2.15 bits per heavy atom. The van der Waals surface area contributed by atoms with Gasteiger partial charge in [0.1, 0.15) is 5.82 Å². The zero-order valence-corrected chi connectivity index (χ0v) is 16.1. The van der Waals surface area contributed by atoms with Crippen LogP contribution in [0.1, 0.15) is 32.7 Å². The van der Waals surface area contributed by atoms with Crippen LogP contribution in [0.3, 0.4) is 0 Å². The Morgan fingerprint density at radius 1 is 1.37 bits per heavy atom. The van der Waals surface area contributed by atoms with Gasteiger partial charge in [0.25, 0.3) is 10.0 Å². The molecule has 146 valence electrons. The van der Waals surface area contributed by atoms with E-state index in [0.717, 1.165) is 0 Å². The van der Waals surface area contributed by atoms with Gasteiger partial charge < -0.3 is 9.88 Å². The fraction of sp³-hybridized carbons (Fsp3) is 0.444. The van der Waals surface area contributed by atoms with Gasteiger partial charge in [0.2, 0.25) is 5.91 Å². The van der Waals surface area contributed by atoms with Crippen molar-refractivity contribution in [1.82, 2.24) is 13.9 Å². The van der Waals surface area contributed by atoms with Gasteiger partial charge in [0.15, 0.2) is 5.03 Å². The largest absolute Gasteiger partial charge is 0.334 e. The maximum Gasteiger partial charge on any atom is 0.262 e. The Bertz CT molecular complexity index is 926. The summed E-state index contributed by atoms with van der Waals surface area (Å²) in [5, 5.41) is 2.65. The van der Waals surface area contributed by atoms with Crippen molar-refractivity contribution < 1.29 is 17.6 Å². The van der Waals surface area contributed by atoms with Crippen LogP contribution in [0.25, 0.3) is 0 Å². The number of nitrogens with one attached hydrogen (secondary N) is 1. The Morgan fingerprint density at radius 3 is 2.81 bits per heavy atom. The minimum absolute atomic E-state index is 0.0117. The minimum atomic E-state index is -3.76. The van der Waals surface area contributed by atoms with Crippen LogP contribution in [0.4, 0.5) is 10.1 Å². The van der Waals surface area contributed by atoms with Crippen LogP contribution in [-0.4, -0.2) is 41.3 Å². The van der Waals surface area contributed by atoms with E-state index in [-0.39, 0.29) is 23.5 Å². The third-order valence-electron chi connectivity index (χ3n) is 4.63. The molecule has 0 bridgehead atoms. The van der Waals surface area contributed by atoms with Crippen LogP contribution in [0.15, 0.2) is 41.8 Å². The number of carbonyl (C=O) groups is 1. The summed E-state index contributed by atoms with van der Waals surface area (Å²) in [6, 6.07) is 5.73. The van der Waals surface area contributed by atoms with Crippen LogP contribution >= 0.6 is 0 Å². The van der Waals surface area contributed by atoms with Crippen molar-refractivity contribution in [3.8, 4) is 0 Å². The summed E-state index contributed by atoms with van der Waals surface area (Å²) in [5.41, 5.74) is 0.357. The van der Waals surface area contributed by atoms with E-state index in [1.807, 2.05) is 13.8 Å². The molecule has 9 heteroatoms. The van der Waals surface area contributed by atoms with Crippen molar-refractivity contribution in [2.24, 2.45) is 5.92 Å². The van der Waals surface area contributed by atoms with Gasteiger partial charge in [-0.15, -0.1) is 0 Å². The molecule has 1 aliphatic heterocycles. The molecule has 1 fully saturated rings. The van der Waals surface area contributed by atoms with E-state index in [9.17, 15) is 17.6 Å². The highest BCUT2D eigenvalue weighted by Crippen LogP contribution is 2.24. The van der Waals surface area contributed by atoms with Crippen molar-refractivity contribution in [3.63, 3.8) is 0 Å². The Hall–Kier alpha value is -2.26. The lowest BCUT2D eigenvalue weighted by atomic mass is 9.99. The lowest BCUT2D eigenvalue weighted by molar-refractivity contribution is -0.120. The number of anilines is 1. The van der Waals surface area contributed by atoms with Crippen molar-refractivity contribution >= 4 is 21.6 Å². The highest BCUT2D eigenvalue weighted by atomic mass is 32.2. The van der Waals surface area contributed by atoms with E-state index >= 15 is 0 Å². The van der Waals surface area contributed by atoms with Crippen molar-refractivity contribution in [2.75, 3.05) is 18.4 Å². The van der Waals surface area contributed by atoms with Gasteiger partial charge in [-0.25, -0.2) is 17.8 Å². The molecule has 1 aromatic carbocycles. The molecule has 2 heterocycles. The van der Waals surface area contributed by atoms with Crippen molar-refractivity contribution in [1.29, 1.82) is 0 Å². The van der Waals surface area contributed by atoms with Crippen LogP contribution in [-0.2, 0) is 14.8 Å². The number of piperidine rings is 1. The van der Waals surface area contributed by atoms with E-state index < -0.39 is 21.8 Å². The van der Waals surface area contributed by atoms with Gasteiger partial charge in [-0.3, -0.25) is 4.79 Å². The first-order valence-corrected chi connectivity index (χ1v) is 10.3. The second-order valence-electron chi connectivity index (χ2n) is 6.95. The van der Waals surface area contributed by atoms with Gasteiger partial charge in [0, 0.05) is 31.0 Å². The maximum absolute atomic E-state index is 13.3. The van der Waals surface area contributed by atoms with Crippen molar-refractivity contribution in [3.05, 3.63) is 42.6 Å². The number of hydrogen-bond acceptors (Lipinski definition) is 4. The molecule has 1 amide bonds. The number of carbonyl (C=O) groups excluding carboxylic acids is 1. The van der Waals surface area contributed by atoms with Gasteiger partial charge in [-0.2, -0.15) is 4.31 Å². The summed E-state index contributed by atoms with van der Waals surface area (Å²) in [4.78, 5) is 16.5. The summed E-state index contributed by atoms with van der Waals surface area (Å²) in [6.45, 7) is 4.30. The summed E-state index contributed by atoms with van der Waals surface area (Å²) < 4.78 is 42.0. The molecule has 0 radical (unpaired) electrons. The zero-order chi connectivity index (χ0) is 19.6. The molecule has 0 spiro atoms. The van der Waals surface area contributed by atoms with Crippen LogP contribution in [0, 0.1) is 11.7 Å². The predicted octanol–water partition coefficient (Wildman–Crippen LogP) is 2.64. The second-order valence-corrected chi connectivity index (χ2v) is 8.84. The molecule has 1 N–H and O–H groups in total. The third-order valence-corrected chi connectivity index (χ3v) is 6.38. The van der Waals surface area contributed by atoms with Crippen molar-refractivity contribution in [2.45, 2.75) is 37.8 Å². The lowest BCUT2D eigenvalue weighted by Crippen LogP contribution is -2.43. The quantitative estimate of drug-likeness (QED) is 0.845. The molecule has 0 saturated carbocycles. The summed E-state index contributed by atoms with van der Waals surface area (Å²) >= 11 is 0. The topological polar surface area (TPSA) is 84.3 Å². The van der Waals surface area contributed by atoms with E-state index in [1.165, 1.54) is 35.0 Å². The number of halogens is 1. The molecule has 1 atom stereocenters. The van der Waals surface area contributed by atoms with Gasteiger partial charge in [-0.1, -0.05) is 6.07 Å². The van der Waals surface area contributed by atoms with Gasteiger partial charge in [0.05, 0.1) is 12.2 Å². The number of imidazole rings is 1. The van der Waals surface area contributed by atoms with E-state index in [1.54, 1.807) is 10.6 Å². The van der Waals surface area contributed by atoms with Crippen LogP contribution in [0.5, 0.6) is 0 Å². The first kappa shape index (κ1) is 19.5. The van der Waals surface area contributed by atoms with Crippen LogP contribution in [0.2, 0.25) is 0 Å². The molecular formula is C18H23FN4O3S. The van der Waals surface area contributed by atoms with E-state index in [2.05, 4.69) is 10.3 Å². The zero-order valence-electron chi connectivity index (χ0n) is 15.3. The molecule has 1 aliphatic rings. The number of aromatic nitrogens is 2. The molecule has 2 aromatic rings. The first-order chi connectivity index (χ1) is 12.8. The molecule has 1 saturated heterocycles. The Labute approximate surface area is 158 Å². The monoisotopic (exact) mass is 394 g/mol. The Balaban J connectivity index is 1.71. The molecular weight excluding hydrogens is 371 g/mol. The SMILES string of the molecule is CC(C)n1cnc(S(=O)(=O)N2CCC[C@H](C(=O)Nc3cccc(F)c3)C2)c1. The lowest BCUT2D eigenvalue weighted by Gasteiger charge is -2.30. The number of rotatable bonds is 5. The van der Waals surface area contributed by atoms with E-state index in [0.29, 0.717) is 25.1 Å². The normalized spacial score (nSPS) is 18.6. The number of benzene rings is 1. The number of amides is 1. The number of sulfonamides is 1. The summed E-state index contributed by atoms with van der Waals surface area (Å²) in [5.74, 6) is -1.25. The van der Waals surface area contributed by atoms with Crippen LogP contribution < -0.4 is 5.32 Å². The third kappa shape index (κ3) is 4.36. The summed E-state index contributed by atoms with van der Waals surface area (Å²) in [6.07, 6.45) is 4.16. The average molecular weight is 394 g/mol. The maximum atomic E-state index is 13.3. The second kappa shape index (κ2) is 7.77. The molecule has 1 aromatic heterocycles. The summed E-state index contributed by atoms with van der Waals surface area (Å²) in [7, 11) is -3.76. The Kier molecular flexibility index (Phi) is 5.61. The number of hydrogen-bond donors (Lipinski definition) is 1. The van der Waals surface area contributed by atoms with Gasteiger partial charge in [-0.05, 0) is 44.9 Å². The number of nitrogens with zero attached hydrogens (tertiary/aromatic N) is 3. The molecule has 7 nitrogen and oxygen atoms in total. The first-order valence-electron chi connectivity index (χ1n) is 8.87. The standard InChI is InChI=1S/C18H23FN4O3S/c1-13(2)22-11-17(20-12-22)27(25,26)23-8-4-5-14(10-23)18(24)21-16-7-3-6-15(19)9-16/h3,6-7,9,11-14H,4-5,8,10H2,1-2H3,(H,21,24)/t14-/m0/s1. The fourth-order valence-electron chi connectivity index (χ4n) is 3.05. The predicted molar refractivity (Wildman–Crippen MR) is 99.1 cm³/mol. The molecule has 27 heavy (non-hydrogen) atoms. The molecule has 0 aliphatic carbocycles. The highest BCUT2D eigenvalue weighted by molar-refractivity contribution is 7.89. The highest BCUT2D eigenvalue weighted by Gasteiger charge is 2.34.